The highest BCUT2D eigenvalue weighted by Gasteiger charge is 2.29. The highest BCUT2D eigenvalue weighted by atomic mass is 35.5. The lowest BCUT2D eigenvalue weighted by Crippen LogP contribution is -1.97. The molecule has 2 aromatic carbocycles. The Labute approximate surface area is 151 Å². The zero-order valence-corrected chi connectivity index (χ0v) is 16.2. The number of benzene rings is 2. The van der Waals surface area contributed by atoms with Gasteiger partial charge in [-0.15, -0.1) is 0 Å². The van der Waals surface area contributed by atoms with Crippen molar-refractivity contribution in [1.29, 1.82) is 0 Å². The van der Waals surface area contributed by atoms with E-state index in [1.807, 2.05) is 30.3 Å². The Morgan fingerprint density at radius 1 is 1.12 bits per heavy atom. The molecule has 0 aliphatic carbocycles. The molecule has 2 rings (SSSR count). The van der Waals surface area contributed by atoms with E-state index in [4.69, 9.17) is 20.4 Å². The van der Waals surface area contributed by atoms with Crippen LogP contribution in [-0.2, 0) is 18.0 Å². The number of hydrogen-bond acceptors (Lipinski definition) is 5. The lowest BCUT2D eigenvalue weighted by molar-refractivity contribution is 0.336. The first-order valence-electron chi connectivity index (χ1n) is 7.21. The average molecular weight is 402 g/mol. The highest BCUT2D eigenvalue weighted by molar-refractivity contribution is 7.66. The van der Waals surface area contributed by atoms with Gasteiger partial charge in [-0.05, 0) is 24.3 Å². The van der Waals surface area contributed by atoms with Gasteiger partial charge < -0.3 is 14.7 Å². The van der Waals surface area contributed by atoms with Gasteiger partial charge in [-0.25, -0.2) is 8.88 Å². The Morgan fingerprint density at radius 2 is 1.80 bits per heavy atom. The monoisotopic (exact) mass is 401 g/mol. The molecule has 0 aromatic heterocycles. The third-order valence-corrected chi connectivity index (χ3v) is 5.98. The van der Waals surface area contributed by atoms with Crippen molar-refractivity contribution in [2.24, 2.45) is 0 Å². The molecule has 0 fully saturated rings. The van der Waals surface area contributed by atoms with Crippen molar-refractivity contribution < 1.29 is 22.9 Å². The lowest BCUT2D eigenvalue weighted by Gasteiger charge is -2.19. The fourth-order valence-corrected chi connectivity index (χ4v) is 5.00. The summed E-state index contributed by atoms with van der Waals surface area (Å²) in [5.41, 5.74) is 1.31. The Kier molecular flexibility index (Phi) is 6.50. The summed E-state index contributed by atoms with van der Waals surface area (Å²) in [4.78, 5) is 9.31. The molecule has 0 heterocycles. The normalized spacial score (nSPS) is 16.6. The Morgan fingerprint density at radius 3 is 2.40 bits per heavy atom. The number of rotatable bonds is 7. The van der Waals surface area contributed by atoms with E-state index in [-0.39, 0.29) is 5.76 Å². The van der Waals surface area contributed by atoms with Crippen LogP contribution in [0.25, 0.3) is 5.76 Å². The maximum Gasteiger partial charge on any atom is 0.383 e. The van der Waals surface area contributed by atoms with E-state index in [1.54, 1.807) is 24.3 Å². The maximum atomic E-state index is 12.4. The number of para-hydroxylation sites is 1. The minimum atomic E-state index is -3.98. The van der Waals surface area contributed by atoms with Gasteiger partial charge in [0.25, 0.3) is 0 Å². The van der Waals surface area contributed by atoms with Crippen LogP contribution in [0.5, 0.6) is 0 Å². The third-order valence-electron chi connectivity index (χ3n) is 2.82. The molecule has 0 spiro atoms. The van der Waals surface area contributed by atoms with Gasteiger partial charge in [-0.2, -0.15) is 0 Å². The summed E-state index contributed by atoms with van der Waals surface area (Å²) in [7, 11) is -7.82. The van der Waals surface area contributed by atoms with Crippen LogP contribution in [-0.4, -0.2) is 18.2 Å². The largest absolute Gasteiger partial charge is 0.422 e. The van der Waals surface area contributed by atoms with Crippen molar-refractivity contribution >= 4 is 38.2 Å². The molecule has 2 aromatic rings. The zero-order valence-electron chi connectivity index (χ0n) is 13.6. The second kappa shape index (κ2) is 8.22. The zero-order chi connectivity index (χ0) is 18.5. The van der Waals surface area contributed by atoms with Crippen molar-refractivity contribution in [3.63, 3.8) is 0 Å². The average Bonchev–Trinajstić information content (AvgIpc) is 2.50. The molecule has 134 valence electrons. The summed E-state index contributed by atoms with van der Waals surface area (Å²) < 4.78 is 34.0. The van der Waals surface area contributed by atoms with Crippen molar-refractivity contribution in [2.75, 3.05) is 18.6 Å². The molecule has 0 saturated heterocycles. The summed E-state index contributed by atoms with van der Waals surface area (Å²) >= 11 is 6.00. The summed E-state index contributed by atoms with van der Waals surface area (Å²) in [6.07, 6.45) is 1.48. The van der Waals surface area contributed by atoms with Gasteiger partial charge in [0.1, 0.15) is 0 Å². The van der Waals surface area contributed by atoms with Crippen LogP contribution in [0.4, 0.5) is 5.69 Å². The van der Waals surface area contributed by atoms with Gasteiger partial charge in [0.05, 0.1) is 6.66 Å². The van der Waals surface area contributed by atoms with Crippen molar-refractivity contribution in [3.05, 3.63) is 71.4 Å². The summed E-state index contributed by atoms with van der Waals surface area (Å²) in [6, 6.07) is 16.0. The first-order valence-corrected chi connectivity index (χ1v) is 11.6. The summed E-state index contributed by atoms with van der Waals surface area (Å²) in [6.45, 7) is 2.07. The highest BCUT2D eigenvalue weighted by Crippen LogP contribution is 2.60. The van der Waals surface area contributed by atoms with Gasteiger partial charge in [0.15, 0.2) is 5.76 Å². The van der Waals surface area contributed by atoms with E-state index in [1.165, 1.54) is 6.20 Å². The van der Waals surface area contributed by atoms with Crippen LogP contribution in [0.1, 0.15) is 5.56 Å². The molecule has 0 aliphatic heterocycles. The fourth-order valence-electron chi connectivity index (χ4n) is 1.96. The Hall–Kier alpha value is -1.55. The molecule has 0 radical (unpaired) electrons. The Bertz CT molecular complexity index is 851. The minimum Gasteiger partial charge on any atom is -0.422 e. The topological polar surface area (TPSA) is 84.9 Å². The predicted octanol–water partition coefficient (Wildman–Crippen LogP) is 5.42. The van der Waals surface area contributed by atoms with Gasteiger partial charge in [-0.1, -0.05) is 41.9 Å². The van der Waals surface area contributed by atoms with Gasteiger partial charge >= 0.3 is 15.2 Å². The number of anilines is 1. The summed E-state index contributed by atoms with van der Waals surface area (Å²) in [5, 5.41) is 3.47. The first kappa shape index (κ1) is 19.8. The van der Waals surface area contributed by atoms with E-state index in [0.717, 1.165) is 19.0 Å². The van der Waals surface area contributed by atoms with E-state index >= 15 is 0 Å². The molecule has 9 heteroatoms. The fraction of sp³-hybridized carbons (Fsp3) is 0.125. The maximum absolute atomic E-state index is 12.4. The van der Waals surface area contributed by atoms with E-state index in [0.29, 0.717) is 10.6 Å². The Balaban J connectivity index is 2.32. The molecular weight excluding hydrogens is 384 g/mol. The molecule has 2 atom stereocenters. The molecule has 6 nitrogen and oxygen atoms in total. The van der Waals surface area contributed by atoms with Crippen LogP contribution in [0.2, 0.25) is 5.02 Å². The smallest absolute Gasteiger partial charge is 0.383 e. The third kappa shape index (κ3) is 7.07. The van der Waals surface area contributed by atoms with E-state index in [2.05, 4.69) is 5.32 Å². The second-order valence-electron chi connectivity index (χ2n) is 5.28. The van der Waals surface area contributed by atoms with Gasteiger partial charge in [-0.3, -0.25) is 4.57 Å². The van der Waals surface area contributed by atoms with Crippen molar-refractivity contribution in [2.45, 2.75) is 0 Å². The van der Waals surface area contributed by atoms with Crippen LogP contribution in [0.15, 0.2) is 60.8 Å². The molecule has 2 unspecified atom stereocenters. The minimum absolute atomic E-state index is 0.158. The van der Waals surface area contributed by atoms with Crippen molar-refractivity contribution in [3.8, 4) is 0 Å². The predicted molar refractivity (Wildman–Crippen MR) is 101 cm³/mol. The van der Waals surface area contributed by atoms with Crippen LogP contribution in [0.3, 0.4) is 0 Å². The van der Waals surface area contributed by atoms with Crippen LogP contribution < -0.4 is 5.32 Å². The van der Waals surface area contributed by atoms with E-state index < -0.39 is 15.2 Å². The van der Waals surface area contributed by atoms with Crippen LogP contribution >= 0.6 is 26.8 Å². The molecule has 0 aliphatic rings. The molecule has 2 N–H and O–H groups in total. The standard InChI is InChI=1S/C16H18ClNO5P2/c1-24(19,20)23-25(2,21)22-16(13-7-6-8-14(17)11-13)12-18-15-9-4-3-5-10-15/h3-12,18H,1-2H3,(H,19,20). The SMILES string of the molecule is CP(=O)(O)OP(C)(=O)OC(=CNc1ccccc1)c1cccc(Cl)c1. The molecule has 0 bridgehead atoms. The van der Waals surface area contributed by atoms with Gasteiger partial charge in [0.2, 0.25) is 0 Å². The van der Waals surface area contributed by atoms with Crippen molar-refractivity contribution in [1.82, 2.24) is 0 Å². The molecule has 25 heavy (non-hydrogen) atoms. The van der Waals surface area contributed by atoms with Gasteiger partial charge in [0, 0.05) is 29.1 Å². The second-order valence-corrected chi connectivity index (χ2v) is 9.70. The number of nitrogens with one attached hydrogen (secondary N) is 1. The number of halogens is 1. The first-order chi connectivity index (χ1) is 11.6. The quantitative estimate of drug-likeness (QED) is 0.476. The molecule has 0 saturated carbocycles. The lowest BCUT2D eigenvalue weighted by atomic mass is 10.2. The summed E-state index contributed by atoms with van der Waals surface area (Å²) in [5.74, 6) is 0.158. The van der Waals surface area contributed by atoms with Crippen LogP contribution in [0, 0.1) is 0 Å². The van der Waals surface area contributed by atoms with E-state index in [9.17, 15) is 14.0 Å². The molecular formula is C16H18ClNO5P2. The number of hydrogen-bond donors (Lipinski definition) is 2. The molecule has 0 amide bonds.